The number of rotatable bonds is 9. The van der Waals surface area contributed by atoms with Crippen LogP contribution >= 0.6 is 0 Å². The molecule has 1 aromatic carbocycles. The number of nitrogens with zero attached hydrogens (tertiary/aromatic N) is 6. The minimum absolute atomic E-state index is 0.240. The van der Waals surface area contributed by atoms with E-state index in [2.05, 4.69) is 42.3 Å². The fraction of sp³-hybridized carbons (Fsp3) is 0.360. The minimum atomic E-state index is -0.396. The summed E-state index contributed by atoms with van der Waals surface area (Å²) in [5, 5.41) is 4.42. The Hall–Kier alpha value is -3.96. The third-order valence-electron chi connectivity index (χ3n) is 5.74. The van der Waals surface area contributed by atoms with Gasteiger partial charge in [-0.15, -0.1) is 0 Å². The van der Waals surface area contributed by atoms with Gasteiger partial charge in [-0.05, 0) is 33.2 Å². The number of benzene rings is 1. The van der Waals surface area contributed by atoms with Crippen molar-refractivity contribution in [1.29, 1.82) is 0 Å². The van der Waals surface area contributed by atoms with E-state index in [1.807, 2.05) is 45.4 Å². The summed E-state index contributed by atoms with van der Waals surface area (Å²) >= 11 is 0. The van der Waals surface area contributed by atoms with E-state index in [4.69, 9.17) is 9.47 Å². The van der Waals surface area contributed by atoms with Crippen molar-refractivity contribution >= 4 is 23.1 Å². The van der Waals surface area contributed by atoms with Gasteiger partial charge >= 0.3 is 0 Å². The Morgan fingerprint density at radius 1 is 1.25 bits per heavy atom. The maximum atomic E-state index is 13.0. The molecule has 0 spiro atoms. The number of nitrogens with one attached hydrogen (secondary N) is 2. The summed E-state index contributed by atoms with van der Waals surface area (Å²) < 4.78 is 12.6. The lowest BCUT2D eigenvalue weighted by molar-refractivity contribution is -0.115. The molecular formula is C25H32N8O3. The summed E-state index contributed by atoms with van der Waals surface area (Å²) in [5.41, 5.74) is 9.27. The molecule has 0 bridgehead atoms. The number of aryl methyl sites for hydroxylation is 1. The van der Waals surface area contributed by atoms with Crippen LogP contribution in [0.5, 0.6) is 5.75 Å². The topological polar surface area (TPSA) is 110 Å². The van der Waals surface area contributed by atoms with Gasteiger partial charge < -0.3 is 19.3 Å². The standard InChI is InChI=1S/C25H32N8O3/c1-17-13-26-25(28-23(17)33-16-19(14-27-33)15-31(3)4)30-29-24(34)18(2)21-7-6-20(35-5)12-22(21)32-8-10-36-11-9-32/h6-7,12-14,16H,2,8-11,15H2,1,3-5H3,(H,29,34)(H,26,28,30). The molecule has 0 unspecified atom stereocenters. The van der Waals surface area contributed by atoms with Crippen molar-refractivity contribution < 1.29 is 14.3 Å². The number of carbonyl (C=O) groups excluding carboxylic acids is 1. The van der Waals surface area contributed by atoms with Crippen LogP contribution in [-0.2, 0) is 16.1 Å². The summed E-state index contributed by atoms with van der Waals surface area (Å²) in [7, 11) is 5.62. The van der Waals surface area contributed by atoms with Crippen LogP contribution in [0.4, 0.5) is 11.6 Å². The predicted octanol–water partition coefficient (Wildman–Crippen LogP) is 2.03. The lowest BCUT2D eigenvalue weighted by Crippen LogP contribution is -2.37. The summed E-state index contributed by atoms with van der Waals surface area (Å²) in [6, 6.07) is 5.57. The molecule has 1 saturated heterocycles. The van der Waals surface area contributed by atoms with Gasteiger partial charge in [-0.2, -0.15) is 10.1 Å². The van der Waals surface area contributed by atoms with Crippen molar-refractivity contribution in [3.05, 3.63) is 60.1 Å². The van der Waals surface area contributed by atoms with E-state index in [1.165, 1.54) is 0 Å². The number of hydrogen-bond acceptors (Lipinski definition) is 9. The normalized spacial score (nSPS) is 13.5. The first-order chi connectivity index (χ1) is 17.4. The van der Waals surface area contributed by atoms with Crippen LogP contribution in [0.25, 0.3) is 11.4 Å². The van der Waals surface area contributed by atoms with Gasteiger partial charge in [0, 0.05) is 66.0 Å². The van der Waals surface area contributed by atoms with Crippen LogP contribution < -0.4 is 20.5 Å². The molecule has 1 aliphatic rings. The Kier molecular flexibility index (Phi) is 7.81. The Morgan fingerprint density at radius 2 is 2.03 bits per heavy atom. The SMILES string of the molecule is C=C(C(=O)NNc1ncc(C)c(-n2cc(CN(C)C)cn2)n1)c1ccc(OC)cc1N1CCOCC1. The van der Waals surface area contributed by atoms with E-state index in [9.17, 15) is 4.79 Å². The quantitative estimate of drug-likeness (QED) is 0.342. The van der Waals surface area contributed by atoms with Crippen LogP contribution in [0, 0.1) is 6.92 Å². The number of methoxy groups -OCH3 is 1. The molecule has 1 amide bonds. The van der Waals surface area contributed by atoms with E-state index in [0.717, 1.165) is 36.4 Å². The molecule has 1 fully saturated rings. The molecule has 0 saturated carbocycles. The molecule has 11 nitrogen and oxygen atoms in total. The average Bonchev–Trinajstić information content (AvgIpc) is 3.35. The molecule has 190 valence electrons. The minimum Gasteiger partial charge on any atom is -0.497 e. The Bertz CT molecular complexity index is 1230. The molecule has 4 rings (SSSR count). The molecule has 1 aliphatic heterocycles. The first-order valence-corrected chi connectivity index (χ1v) is 11.6. The number of aromatic nitrogens is 4. The summed E-state index contributed by atoms with van der Waals surface area (Å²) in [6.45, 7) is 9.40. The van der Waals surface area contributed by atoms with Gasteiger partial charge in [0.05, 0.1) is 26.5 Å². The molecule has 2 N–H and O–H groups in total. The molecule has 0 atom stereocenters. The lowest BCUT2D eigenvalue weighted by Gasteiger charge is -2.31. The van der Waals surface area contributed by atoms with Crippen LogP contribution in [0.1, 0.15) is 16.7 Å². The van der Waals surface area contributed by atoms with Crippen molar-refractivity contribution in [2.24, 2.45) is 0 Å². The van der Waals surface area contributed by atoms with Crippen LogP contribution in [-0.4, -0.2) is 78.1 Å². The second kappa shape index (κ2) is 11.2. The van der Waals surface area contributed by atoms with Gasteiger partial charge in [0.1, 0.15) is 5.75 Å². The van der Waals surface area contributed by atoms with E-state index in [0.29, 0.717) is 35.9 Å². The third kappa shape index (κ3) is 5.81. The fourth-order valence-electron chi connectivity index (χ4n) is 3.92. The lowest BCUT2D eigenvalue weighted by atomic mass is 10.0. The fourth-order valence-corrected chi connectivity index (χ4v) is 3.92. The van der Waals surface area contributed by atoms with E-state index in [1.54, 1.807) is 24.2 Å². The highest BCUT2D eigenvalue weighted by molar-refractivity contribution is 6.20. The first-order valence-electron chi connectivity index (χ1n) is 11.6. The van der Waals surface area contributed by atoms with Gasteiger partial charge in [-0.25, -0.2) is 9.67 Å². The molecule has 0 radical (unpaired) electrons. The van der Waals surface area contributed by atoms with Crippen LogP contribution in [0.3, 0.4) is 0 Å². The zero-order valence-electron chi connectivity index (χ0n) is 21.1. The highest BCUT2D eigenvalue weighted by Crippen LogP contribution is 2.31. The van der Waals surface area contributed by atoms with Crippen molar-refractivity contribution in [2.75, 3.05) is 57.8 Å². The Morgan fingerprint density at radius 3 is 2.75 bits per heavy atom. The highest BCUT2D eigenvalue weighted by atomic mass is 16.5. The molecular weight excluding hydrogens is 460 g/mol. The van der Waals surface area contributed by atoms with E-state index < -0.39 is 5.91 Å². The largest absolute Gasteiger partial charge is 0.497 e. The molecule has 11 heteroatoms. The zero-order chi connectivity index (χ0) is 25.7. The molecule has 36 heavy (non-hydrogen) atoms. The van der Waals surface area contributed by atoms with Gasteiger partial charge in [0.2, 0.25) is 5.95 Å². The van der Waals surface area contributed by atoms with E-state index >= 15 is 0 Å². The number of carbonyl (C=O) groups is 1. The van der Waals surface area contributed by atoms with Gasteiger partial charge in [0.15, 0.2) is 5.82 Å². The second-order valence-corrected chi connectivity index (χ2v) is 8.77. The number of morpholine rings is 1. The van der Waals surface area contributed by atoms with Crippen LogP contribution in [0.2, 0.25) is 0 Å². The Balaban J connectivity index is 1.48. The number of hydrogen-bond donors (Lipinski definition) is 2. The summed E-state index contributed by atoms with van der Waals surface area (Å²) in [6.07, 6.45) is 5.41. The molecule has 3 aromatic rings. The maximum Gasteiger partial charge on any atom is 0.269 e. The van der Waals surface area contributed by atoms with Gasteiger partial charge in [-0.1, -0.05) is 6.58 Å². The number of amides is 1. The molecule has 2 aromatic heterocycles. The monoisotopic (exact) mass is 492 g/mol. The average molecular weight is 493 g/mol. The molecule has 0 aliphatic carbocycles. The zero-order valence-corrected chi connectivity index (χ0v) is 21.1. The van der Waals surface area contributed by atoms with Gasteiger partial charge in [0.25, 0.3) is 5.91 Å². The summed E-state index contributed by atoms with van der Waals surface area (Å²) in [5.74, 6) is 1.17. The van der Waals surface area contributed by atoms with Crippen molar-refractivity contribution in [1.82, 2.24) is 30.1 Å². The van der Waals surface area contributed by atoms with Crippen molar-refractivity contribution in [2.45, 2.75) is 13.5 Å². The maximum absolute atomic E-state index is 13.0. The summed E-state index contributed by atoms with van der Waals surface area (Å²) in [4.78, 5) is 26.1. The van der Waals surface area contributed by atoms with Crippen molar-refractivity contribution in [3.8, 4) is 11.6 Å². The number of hydrazine groups is 1. The second-order valence-electron chi connectivity index (χ2n) is 8.77. The Labute approximate surface area is 210 Å². The number of anilines is 2. The number of ether oxygens (including phenoxy) is 2. The highest BCUT2D eigenvalue weighted by Gasteiger charge is 2.20. The smallest absolute Gasteiger partial charge is 0.269 e. The van der Waals surface area contributed by atoms with Crippen LogP contribution in [0.15, 0.2) is 43.4 Å². The van der Waals surface area contributed by atoms with E-state index in [-0.39, 0.29) is 5.95 Å². The molecule has 3 heterocycles. The van der Waals surface area contributed by atoms with Crippen molar-refractivity contribution in [3.63, 3.8) is 0 Å². The predicted molar refractivity (Wildman–Crippen MR) is 138 cm³/mol. The third-order valence-corrected chi connectivity index (χ3v) is 5.74. The van der Waals surface area contributed by atoms with Gasteiger partial charge in [-0.3, -0.25) is 15.6 Å². The first kappa shape index (κ1) is 25.1.